The number of fused-ring (bicyclic) bond motifs is 1. The smallest absolute Gasteiger partial charge is 0.408 e. The van der Waals surface area contributed by atoms with Crippen molar-refractivity contribution in [3.05, 3.63) is 29.3 Å². The lowest BCUT2D eigenvalue weighted by Gasteiger charge is -2.34. The second kappa shape index (κ2) is 11.4. The van der Waals surface area contributed by atoms with E-state index in [2.05, 4.69) is 10.6 Å². The number of aliphatic hydroxyl groups excluding tert-OH is 1. The van der Waals surface area contributed by atoms with Crippen molar-refractivity contribution in [2.75, 3.05) is 7.11 Å². The molecule has 0 spiro atoms. The van der Waals surface area contributed by atoms with E-state index in [1.54, 1.807) is 39.0 Å². The standard InChI is InChI=1S/C26H36N2O9/c1-13(2)10-15(18-11-14-8-7-9-17(34-6)20(14)24(32)35-18)27-23(31)21(30)22-16(12-19(29)36-22)28-25(33)37-26(3,4)5/h7-9,13,15-16,18,21-22,30H,10-12H2,1-6H3,(H,27,31)(H,28,33)/t15-,16-,18-,21-,22-/m0/s1. The molecule has 0 aromatic heterocycles. The molecule has 2 heterocycles. The fourth-order valence-corrected chi connectivity index (χ4v) is 4.51. The summed E-state index contributed by atoms with van der Waals surface area (Å²) in [4.78, 5) is 50.1. The lowest BCUT2D eigenvalue weighted by Crippen LogP contribution is -2.56. The van der Waals surface area contributed by atoms with Crippen molar-refractivity contribution in [2.24, 2.45) is 5.92 Å². The van der Waals surface area contributed by atoms with Crippen LogP contribution in [0.4, 0.5) is 4.79 Å². The van der Waals surface area contributed by atoms with Crippen molar-refractivity contribution in [1.82, 2.24) is 10.6 Å². The highest BCUT2D eigenvalue weighted by molar-refractivity contribution is 5.95. The van der Waals surface area contributed by atoms with Crippen molar-refractivity contribution in [3.63, 3.8) is 0 Å². The molecule has 2 amide bonds. The van der Waals surface area contributed by atoms with Crippen molar-refractivity contribution in [2.45, 2.75) is 89.9 Å². The van der Waals surface area contributed by atoms with Gasteiger partial charge in [0.1, 0.15) is 23.0 Å². The second-order valence-corrected chi connectivity index (χ2v) is 10.7. The number of hydrogen-bond donors (Lipinski definition) is 3. The number of carbonyl (C=O) groups is 4. The van der Waals surface area contributed by atoms with Gasteiger partial charge in [0.15, 0.2) is 12.2 Å². The molecule has 11 heteroatoms. The lowest BCUT2D eigenvalue weighted by atomic mass is 9.90. The number of methoxy groups -OCH3 is 1. The molecule has 37 heavy (non-hydrogen) atoms. The topological polar surface area (TPSA) is 149 Å². The highest BCUT2D eigenvalue weighted by Gasteiger charge is 2.45. The first-order valence-corrected chi connectivity index (χ1v) is 12.3. The number of benzene rings is 1. The molecule has 0 unspecified atom stereocenters. The molecule has 5 atom stereocenters. The van der Waals surface area contributed by atoms with E-state index in [0.29, 0.717) is 24.2 Å². The number of rotatable bonds is 8. The molecule has 0 bridgehead atoms. The predicted molar refractivity (Wildman–Crippen MR) is 131 cm³/mol. The molecule has 3 rings (SSSR count). The quantitative estimate of drug-likeness (QED) is 0.345. The van der Waals surface area contributed by atoms with E-state index < -0.39 is 59.9 Å². The first kappa shape index (κ1) is 28.2. The third-order valence-corrected chi connectivity index (χ3v) is 6.05. The molecule has 3 N–H and O–H groups in total. The molecule has 2 aliphatic rings. The molecule has 1 aromatic carbocycles. The summed E-state index contributed by atoms with van der Waals surface area (Å²) in [5.74, 6) is -1.50. The SMILES string of the molecule is COc1cccc2c1C(=O)O[C@H]([C@H](CC(C)C)NC(=O)[C@@H](O)[C@H]1OC(=O)C[C@@H]1NC(=O)OC(C)(C)C)C2. The van der Waals surface area contributed by atoms with Gasteiger partial charge in [0.25, 0.3) is 5.91 Å². The first-order chi connectivity index (χ1) is 17.3. The van der Waals surface area contributed by atoms with Crippen LogP contribution in [0.1, 0.15) is 63.4 Å². The molecule has 11 nitrogen and oxygen atoms in total. The van der Waals surface area contributed by atoms with Crippen LogP contribution in [0.2, 0.25) is 0 Å². The van der Waals surface area contributed by atoms with Crippen molar-refractivity contribution in [3.8, 4) is 5.75 Å². The van der Waals surface area contributed by atoms with Gasteiger partial charge in [-0.15, -0.1) is 0 Å². The van der Waals surface area contributed by atoms with Crippen LogP contribution >= 0.6 is 0 Å². The van der Waals surface area contributed by atoms with Gasteiger partial charge >= 0.3 is 18.0 Å². The van der Waals surface area contributed by atoms with E-state index in [1.807, 2.05) is 13.8 Å². The highest BCUT2D eigenvalue weighted by atomic mass is 16.6. The molecular formula is C26H36N2O9. The fraction of sp³-hybridized carbons (Fsp3) is 0.615. The van der Waals surface area contributed by atoms with E-state index in [0.717, 1.165) is 5.56 Å². The van der Waals surface area contributed by atoms with Gasteiger partial charge in [-0.2, -0.15) is 0 Å². The summed E-state index contributed by atoms with van der Waals surface area (Å²) in [5, 5.41) is 16.1. The summed E-state index contributed by atoms with van der Waals surface area (Å²) in [6.45, 7) is 8.96. The Kier molecular flexibility index (Phi) is 8.68. The van der Waals surface area contributed by atoms with Crippen LogP contribution < -0.4 is 15.4 Å². The van der Waals surface area contributed by atoms with Gasteiger partial charge in [-0.05, 0) is 44.7 Å². The Balaban J connectivity index is 1.73. The van der Waals surface area contributed by atoms with Gasteiger partial charge in [-0.3, -0.25) is 9.59 Å². The van der Waals surface area contributed by atoms with Crippen molar-refractivity contribution < 1.29 is 43.2 Å². The van der Waals surface area contributed by atoms with Gasteiger partial charge in [0.2, 0.25) is 0 Å². The fourth-order valence-electron chi connectivity index (χ4n) is 4.51. The number of ether oxygens (including phenoxy) is 4. The Morgan fingerprint density at radius 2 is 1.86 bits per heavy atom. The molecule has 0 aliphatic carbocycles. The predicted octanol–water partition coefficient (Wildman–Crippen LogP) is 1.88. The van der Waals surface area contributed by atoms with Crippen LogP contribution in [0.25, 0.3) is 0 Å². The summed E-state index contributed by atoms with van der Waals surface area (Å²) < 4.78 is 21.3. The van der Waals surface area contributed by atoms with Crippen LogP contribution in [0, 0.1) is 5.92 Å². The van der Waals surface area contributed by atoms with Crippen molar-refractivity contribution in [1.29, 1.82) is 0 Å². The maximum atomic E-state index is 13.1. The highest BCUT2D eigenvalue weighted by Crippen LogP contribution is 2.31. The minimum absolute atomic E-state index is 0.124. The van der Waals surface area contributed by atoms with Crippen LogP contribution in [-0.2, 0) is 30.2 Å². The number of nitrogens with one attached hydrogen (secondary N) is 2. The third-order valence-electron chi connectivity index (χ3n) is 6.05. The average Bonchev–Trinajstić information content (AvgIpc) is 3.15. The van der Waals surface area contributed by atoms with Gasteiger partial charge in [-0.25, -0.2) is 9.59 Å². The van der Waals surface area contributed by atoms with Crippen LogP contribution in [0.5, 0.6) is 5.75 Å². The molecule has 204 valence electrons. The largest absolute Gasteiger partial charge is 0.496 e. The number of hydrogen-bond acceptors (Lipinski definition) is 9. The summed E-state index contributed by atoms with van der Waals surface area (Å²) in [7, 11) is 1.47. The number of alkyl carbamates (subject to hydrolysis) is 1. The van der Waals surface area contributed by atoms with Gasteiger partial charge in [-0.1, -0.05) is 26.0 Å². The zero-order chi connectivity index (χ0) is 27.5. The Hall–Kier alpha value is -3.34. The van der Waals surface area contributed by atoms with Crippen molar-refractivity contribution >= 4 is 23.9 Å². The Bertz CT molecular complexity index is 1030. The first-order valence-electron chi connectivity index (χ1n) is 12.3. The average molecular weight is 521 g/mol. The minimum atomic E-state index is -1.77. The number of cyclic esters (lactones) is 2. The summed E-state index contributed by atoms with van der Waals surface area (Å²) in [6.07, 6.45) is -3.98. The van der Waals surface area contributed by atoms with E-state index in [9.17, 15) is 24.3 Å². The Labute approximate surface area is 216 Å². The van der Waals surface area contributed by atoms with E-state index in [1.165, 1.54) is 7.11 Å². The zero-order valence-electron chi connectivity index (χ0n) is 22.0. The maximum Gasteiger partial charge on any atom is 0.408 e. The molecule has 0 saturated carbocycles. The molecular weight excluding hydrogens is 484 g/mol. The van der Waals surface area contributed by atoms with E-state index in [4.69, 9.17) is 18.9 Å². The van der Waals surface area contributed by atoms with Gasteiger partial charge in [0.05, 0.1) is 25.6 Å². The molecule has 1 fully saturated rings. The normalized spacial score (nSPS) is 22.9. The molecule has 1 aromatic rings. The summed E-state index contributed by atoms with van der Waals surface area (Å²) >= 11 is 0. The summed E-state index contributed by atoms with van der Waals surface area (Å²) in [6, 6.07) is 3.67. The van der Waals surface area contributed by atoms with Crippen LogP contribution in [-0.4, -0.2) is 72.2 Å². The number of esters is 2. The van der Waals surface area contributed by atoms with Gasteiger partial charge < -0.3 is 34.7 Å². The van der Waals surface area contributed by atoms with E-state index in [-0.39, 0.29) is 12.3 Å². The zero-order valence-corrected chi connectivity index (χ0v) is 22.0. The van der Waals surface area contributed by atoms with Crippen LogP contribution in [0.15, 0.2) is 18.2 Å². The number of amides is 2. The Morgan fingerprint density at radius 1 is 1.16 bits per heavy atom. The number of carbonyl (C=O) groups excluding carboxylic acids is 4. The van der Waals surface area contributed by atoms with Crippen LogP contribution in [0.3, 0.4) is 0 Å². The maximum absolute atomic E-state index is 13.1. The molecule has 2 aliphatic heterocycles. The number of aliphatic hydroxyl groups is 1. The van der Waals surface area contributed by atoms with E-state index >= 15 is 0 Å². The Morgan fingerprint density at radius 3 is 2.49 bits per heavy atom. The molecule has 1 saturated heterocycles. The monoisotopic (exact) mass is 520 g/mol. The minimum Gasteiger partial charge on any atom is -0.496 e. The molecule has 0 radical (unpaired) electrons. The summed E-state index contributed by atoms with van der Waals surface area (Å²) in [5.41, 5.74) is 0.309. The lowest BCUT2D eigenvalue weighted by molar-refractivity contribution is -0.150. The second-order valence-electron chi connectivity index (χ2n) is 10.7. The third kappa shape index (κ3) is 7.12. The van der Waals surface area contributed by atoms with Gasteiger partial charge in [0, 0.05) is 6.42 Å².